The van der Waals surface area contributed by atoms with E-state index in [4.69, 9.17) is 3.07 Å². The molecule has 1 fully saturated rings. The predicted molar refractivity (Wildman–Crippen MR) is 46.8 cm³/mol. The van der Waals surface area contributed by atoms with Crippen molar-refractivity contribution >= 4 is 32.8 Å². The van der Waals surface area contributed by atoms with Gasteiger partial charge < -0.3 is 3.07 Å². The van der Waals surface area contributed by atoms with Gasteiger partial charge in [-0.1, -0.05) is 0 Å². The molecule has 0 saturated carbocycles. The molecule has 5 heteroatoms. The molecule has 0 aliphatic carbocycles. The van der Waals surface area contributed by atoms with Crippen LogP contribution in [0.3, 0.4) is 0 Å². The second-order valence-corrected chi connectivity index (χ2v) is 5.25. The molecule has 0 atom stereocenters. The van der Waals surface area contributed by atoms with Crippen molar-refractivity contribution in [3.8, 4) is 0 Å². The highest BCUT2D eigenvalue weighted by molar-refractivity contribution is 14.1. The minimum atomic E-state index is -2.71. The molecule has 0 aromatic rings. The van der Waals surface area contributed by atoms with Gasteiger partial charge in [-0.15, -0.1) is 0 Å². The molecule has 0 unspecified atom stereocenters. The lowest BCUT2D eigenvalue weighted by Gasteiger charge is -2.18. The first-order valence-corrected chi connectivity index (χ1v) is 5.82. The zero-order valence-electron chi connectivity index (χ0n) is 5.42. The van der Waals surface area contributed by atoms with Crippen molar-refractivity contribution < 1.29 is 11.5 Å². The molecule has 3 nitrogen and oxygen atoms in total. The Bertz CT molecular complexity index is 185. The average molecular weight is 276 g/mol. The maximum Gasteiger partial charge on any atom is 0.150 e. The highest BCUT2D eigenvalue weighted by atomic mass is 127. The van der Waals surface area contributed by atoms with E-state index < -0.39 is 9.84 Å². The van der Waals surface area contributed by atoms with E-state index >= 15 is 0 Å². The maximum absolute atomic E-state index is 10.9. The summed E-state index contributed by atoms with van der Waals surface area (Å²) in [7, 11) is -2.71. The Hall–Kier alpha value is 0.640. The smallest absolute Gasteiger partial charge is 0.150 e. The van der Waals surface area contributed by atoms with Crippen molar-refractivity contribution in [3.05, 3.63) is 0 Å². The van der Waals surface area contributed by atoms with Gasteiger partial charge in [0.15, 0.2) is 9.84 Å². The monoisotopic (exact) mass is 276 g/mol. The van der Waals surface area contributed by atoms with Crippen molar-refractivity contribution in [3.63, 3.8) is 0 Å². The fourth-order valence-electron chi connectivity index (χ4n) is 0.957. The lowest BCUT2D eigenvalue weighted by atomic mass is 10.2. The van der Waals surface area contributed by atoms with Crippen LogP contribution in [-0.4, -0.2) is 26.0 Å². The maximum atomic E-state index is 10.9. The molecule has 60 valence electrons. The molecule has 0 aromatic carbocycles. The van der Waals surface area contributed by atoms with Gasteiger partial charge in [-0.3, -0.25) is 0 Å². The topological polar surface area (TPSA) is 43.4 Å². The largest absolute Gasteiger partial charge is 0.312 e. The van der Waals surface area contributed by atoms with E-state index in [1.54, 1.807) is 0 Å². The van der Waals surface area contributed by atoms with Gasteiger partial charge in [-0.25, -0.2) is 8.42 Å². The Balaban J connectivity index is 2.46. The summed E-state index contributed by atoms with van der Waals surface area (Å²) in [5, 5.41) is 0. The number of hydrogen-bond donors (Lipinski definition) is 0. The highest BCUT2D eigenvalue weighted by Crippen LogP contribution is 2.16. The first-order valence-electron chi connectivity index (χ1n) is 3.12. The molecule has 1 heterocycles. The van der Waals surface area contributed by atoms with Crippen LogP contribution in [0.4, 0.5) is 0 Å². The standard InChI is InChI=1S/C5H9IO3S/c6-9-5-1-3-10(7,8)4-2-5/h5H,1-4H2. The first kappa shape index (κ1) is 8.73. The second-order valence-electron chi connectivity index (χ2n) is 2.44. The quantitative estimate of drug-likeness (QED) is 0.669. The molecule has 1 rings (SSSR count). The lowest BCUT2D eigenvalue weighted by molar-refractivity contribution is 0.264. The van der Waals surface area contributed by atoms with Crippen molar-refractivity contribution in [1.29, 1.82) is 0 Å². The molecular weight excluding hydrogens is 267 g/mol. The van der Waals surface area contributed by atoms with Crippen LogP contribution in [0.5, 0.6) is 0 Å². The van der Waals surface area contributed by atoms with E-state index in [0.717, 1.165) is 0 Å². The summed E-state index contributed by atoms with van der Waals surface area (Å²) in [4.78, 5) is 0. The summed E-state index contributed by atoms with van der Waals surface area (Å²) in [6, 6.07) is 0. The fraction of sp³-hybridized carbons (Fsp3) is 1.00. The zero-order valence-corrected chi connectivity index (χ0v) is 8.39. The summed E-state index contributed by atoms with van der Waals surface area (Å²) in [6.45, 7) is 0. The Morgan fingerprint density at radius 3 is 2.20 bits per heavy atom. The van der Waals surface area contributed by atoms with Crippen molar-refractivity contribution in [2.24, 2.45) is 0 Å². The van der Waals surface area contributed by atoms with Crippen LogP contribution in [0.25, 0.3) is 0 Å². The number of rotatable bonds is 1. The minimum Gasteiger partial charge on any atom is -0.312 e. The van der Waals surface area contributed by atoms with Crippen molar-refractivity contribution in [2.75, 3.05) is 11.5 Å². The normalized spacial score (nSPS) is 26.5. The van der Waals surface area contributed by atoms with Crippen LogP contribution in [0, 0.1) is 0 Å². The van der Waals surface area contributed by atoms with E-state index in [-0.39, 0.29) is 6.10 Å². The summed E-state index contributed by atoms with van der Waals surface area (Å²) >= 11 is 1.82. The van der Waals surface area contributed by atoms with Crippen LogP contribution in [-0.2, 0) is 12.9 Å². The zero-order chi connectivity index (χ0) is 7.61. The van der Waals surface area contributed by atoms with E-state index in [1.807, 2.05) is 23.0 Å². The van der Waals surface area contributed by atoms with Gasteiger partial charge in [-0.05, 0) is 12.8 Å². The molecule has 0 bridgehead atoms. The summed E-state index contributed by atoms with van der Waals surface area (Å²) in [6.07, 6.45) is 1.47. The van der Waals surface area contributed by atoms with Crippen LogP contribution >= 0.6 is 23.0 Å². The molecule has 1 saturated heterocycles. The SMILES string of the molecule is O=S1(=O)CCC(OI)CC1. The Kier molecular flexibility index (Phi) is 2.93. The van der Waals surface area contributed by atoms with Gasteiger partial charge in [-0.2, -0.15) is 0 Å². The van der Waals surface area contributed by atoms with Crippen molar-refractivity contribution in [2.45, 2.75) is 18.9 Å². The van der Waals surface area contributed by atoms with E-state index in [1.165, 1.54) is 0 Å². The molecule has 0 radical (unpaired) electrons. The third-order valence-electron chi connectivity index (χ3n) is 1.63. The fourth-order valence-corrected chi connectivity index (χ4v) is 2.91. The number of sulfone groups is 1. The highest BCUT2D eigenvalue weighted by Gasteiger charge is 2.23. The summed E-state index contributed by atoms with van der Waals surface area (Å²) in [5.41, 5.74) is 0. The number of hydrogen-bond acceptors (Lipinski definition) is 3. The lowest BCUT2D eigenvalue weighted by Crippen LogP contribution is -2.26. The van der Waals surface area contributed by atoms with Gasteiger partial charge in [0.25, 0.3) is 0 Å². The molecule has 0 spiro atoms. The molecule has 0 amide bonds. The third kappa shape index (κ3) is 2.35. The summed E-state index contributed by atoms with van der Waals surface area (Å²) in [5.74, 6) is 0.585. The van der Waals surface area contributed by atoms with Crippen LogP contribution in [0.2, 0.25) is 0 Å². The summed E-state index contributed by atoms with van der Waals surface area (Å²) < 4.78 is 26.7. The first-order chi connectivity index (χ1) is 4.64. The van der Waals surface area contributed by atoms with Crippen LogP contribution in [0.1, 0.15) is 12.8 Å². The average Bonchev–Trinajstić information content (AvgIpc) is 1.88. The molecule has 1 aliphatic rings. The van der Waals surface area contributed by atoms with E-state index in [9.17, 15) is 8.42 Å². The van der Waals surface area contributed by atoms with Gasteiger partial charge in [0.1, 0.15) is 23.0 Å². The van der Waals surface area contributed by atoms with Gasteiger partial charge in [0, 0.05) is 0 Å². The second kappa shape index (κ2) is 3.36. The van der Waals surface area contributed by atoms with Gasteiger partial charge in [0.05, 0.1) is 17.6 Å². The molecule has 0 N–H and O–H groups in total. The molecular formula is C5H9IO3S. The third-order valence-corrected chi connectivity index (χ3v) is 4.06. The molecule has 10 heavy (non-hydrogen) atoms. The Labute approximate surface area is 74.7 Å². The number of halogens is 1. The Morgan fingerprint density at radius 2 is 1.80 bits per heavy atom. The van der Waals surface area contributed by atoms with Gasteiger partial charge in [0.2, 0.25) is 0 Å². The van der Waals surface area contributed by atoms with E-state index in [0.29, 0.717) is 24.3 Å². The Morgan fingerprint density at radius 1 is 1.30 bits per heavy atom. The molecule has 0 aromatic heterocycles. The molecule has 1 aliphatic heterocycles. The van der Waals surface area contributed by atoms with E-state index in [2.05, 4.69) is 0 Å². The van der Waals surface area contributed by atoms with Gasteiger partial charge >= 0.3 is 0 Å². The van der Waals surface area contributed by atoms with Crippen LogP contribution in [0.15, 0.2) is 0 Å². The minimum absolute atomic E-state index is 0.157. The predicted octanol–water partition coefficient (Wildman–Crippen LogP) is 0.930. The van der Waals surface area contributed by atoms with Crippen LogP contribution < -0.4 is 0 Å². The van der Waals surface area contributed by atoms with Crippen molar-refractivity contribution in [1.82, 2.24) is 0 Å².